The van der Waals surface area contributed by atoms with Crippen LogP contribution in [0.3, 0.4) is 0 Å². The van der Waals surface area contributed by atoms with E-state index in [0.29, 0.717) is 10.4 Å². The van der Waals surface area contributed by atoms with Gasteiger partial charge in [0.1, 0.15) is 16.9 Å². The summed E-state index contributed by atoms with van der Waals surface area (Å²) in [5.74, 6) is -2.49. The number of sulfonamides is 1. The normalized spacial score (nSPS) is 24.3. The van der Waals surface area contributed by atoms with Gasteiger partial charge in [-0.1, -0.05) is 18.2 Å². The van der Waals surface area contributed by atoms with Gasteiger partial charge in [0.25, 0.3) is 0 Å². The molecule has 0 bridgehead atoms. The first-order valence-electron chi connectivity index (χ1n) is 8.25. The fourth-order valence-electron chi connectivity index (χ4n) is 3.44. The fraction of sp³-hybridized carbons (Fsp3) is 0.278. The van der Waals surface area contributed by atoms with Gasteiger partial charge in [0, 0.05) is 18.7 Å². The molecule has 0 amide bonds. The van der Waals surface area contributed by atoms with Crippen LogP contribution in [0.2, 0.25) is 0 Å². The molecule has 1 fully saturated rings. The zero-order chi connectivity index (χ0) is 21.8. The molecule has 0 unspecified atom stereocenters. The monoisotopic (exact) mass is 433 g/mol. The number of benzene rings is 2. The lowest BCUT2D eigenvalue weighted by molar-refractivity contribution is -0.137. The Bertz CT molecular complexity index is 1070. The van der Waals surface area contributed by atoms with Crippen molar-refractivity contribution in [3.8, 4) is 0 Å². The van der Waals surface area contributed by atoms with Crippen LogP contribution in [-0.2, 0) is 21.7 Å². The Morgan fingerprint density at radius 1 is 1.10 bits per heavy atom. The van der Waals surface area contributed by atoms with Crippen molar-refractivity contribution < 1.29 is 30.4 Å². The smallest absolute Gasteiger partial charge is 0.345 e. The highest BCUT2D eigenvalue weighted by atomic mass is 32.2. The van der Waals surface area contributed by atoms with Gasteiger partial charge in [-0.2, -0.15) is 13.2 Å². The van der Waals surface area contributed by atoms with Crippen LogP contribution in [0.15, 0.2) is 42.5 Å². The summed E-state index contributed by atoms with van der Waals surface area (Å²) in [6, 6.07) is 6.00. The van der Waals surface area contributed by atoms with E-state index in [-0.39, 0.29) is 11.1 Å². The number of halogens is 5. The van der Waals surface area contributed by atoms with Gasteiger partial charge >= 0.3 is 6.18 Å². The highest BCUT2D eigenvalue weighted by Gasteiger charge is 2.53. The van der Waals surface area contributed by atoms with E-state index in [1.54, 1.807) is 0 Å². The number of hydrogen-bond donors (Lipinski definition) is 2. The first-order valence-corrected chi connectivity index (χ1v) is 9.76. The molecule has 1 saturated heterocycles. The molecule has 2 aromatic carbocycles. The summed E-state index contributed by atoms with van der Waals surface area (Å²) < 4.78 is 93.4. The van der Waals surface area contributed by atoms with Gasteiger partial charge in [-0.15, -0.1) is 0 Å². The molecule has 156 valence electrons. The Morgan fingerprint density at radius 3 is 2.21 bits per heavy atom. The molecule has 0 saturated carbocycles. The van der Waals surface area contributed by atoms with E-state index < -0.39 is 50.1 Å². The van der Waals surface area contributed by atoms with E-state index in [2.05, 4.69) is 5.32 Å². The minimum absolute atomic E-state index is 0.0453. The van der Waals surface area contributed by atoms with Crippen LogP contribution in [0.25, 0.3) is 0 Å². The van der Waals surface area contributed by atoms with Gasteiger partial charge in [0.2, 0.25) is 16.0 Å². The van der Waals surface area contributed by atoms with Crippen molar-refractivity contribution in [2.24, 2.45) is 0 Å². The third-order valence-electron chi connectivity index (χ3n) is 4.93. The highest BCUT2D eigenvalue weighted by molar-refractivity contribution is 7.90. The third kappa shape index (κ3) is 3.43. The second-order valence-corrected chi connectivity index (χ2v) is 8.86. The molecule has 1 aliphatic heterocycles. The van der Waals surface area contributed by atoms with E-state index >= 15 is 0 Å². The lowest BCUT2D eigenvalue weighted by Gasteiger charge is -2.46. The average Bonchev–Trinajstić information content (AvgIpc) is 2.59. The van der Waals surface area contributed by atoms with Crippen molar-refractivity contribution in [1.82, 2.24) is 9.62 Å². The second kappa shape index (κ2) is 6.68. The number of hydrogen-bond acceptors (Lipinski definition) is 3. The van der Waals surface area contributed by atoms with Crippen molar-refractivity contribution in [3.63, 3.8) is 0 Å². The number of rotatable bonds is 2. The van der Waals surface area contributed by atoms with Crippen LogP contribution < -0.4 is 5.32 Å². The molecule has 2 aromatic rings. The SMILES string of the molecule is CN1C(=N)N[C@](C)(c2ccc(F)cc2F)[C@H](c2ccc(C(F)(F)F)cc2)S1(=O)=O. The maximum atomic E-state index is 14.6. The van der Waals surface area contributed by atoms with E-state index in [9.17, 15) is 30.4 Å². The average molecular weight is 433 g/mol. The molecule has 11 heteroatoms. The minimum atomic E-state index is -4.62. The molecule has 2 atom stereocenters. The molecule has 3 rings (SSSR count). The van der Waals surface area contributed by atoms with Gasteiger partial charge in [-0.05, 0) is 30.7 Å². The van der Waals surface area contributed by atoms with E-state index in [4.69, 9.17) is 5.41 Å². The maximum Gasteiger partial charge on any atom is 0.416 e. The number of nitrogens with one attached hydrogen (secondary N) is 2. The van der Waals surface area contributed by atoms with Crippen molar-refractivity contribution in [3.05, 3.63) is 70.8 Å². The number of nitrogens with zero attached hydrogens (tertiary/aromatic N) is 1. The summed E-state index contributed by atoms with van der Waals surface area (Å²) in [6.07, 6.45) is -4.62. The molecular weight excluding hydrogens is 417 g/mol. The molecule has 29 heavy (non-hydrogen) atoms. The van der Waals surface area contributed by atoms with Crippen molar-refractivity contribution in [1.29, 1.82) is 5.41 Å². The quantitative estimate of drug-likeness (QED) is 0.709. The van der Waals surface area contributed by atoms with Crippen molar-refractivity contribution >= 4 is 16.0 Å². The fourth-order valence-corrected chi connectivity index (χ4v) is 5.34. The van der Waals surface area contributed by atoms with Gasteiger partial charge < -0.3 is 5.32 Å². The largest absolute Gasteiger partial charge is 0.416 e. The minimum Gasteiger partial charge on any atom is -0.345 e. The van der Waals surface area contributed by atoms with Gasteiger partial charge in [0.15, 0.2) is 0 Å². The zero-order valence-corrected chi connectivity index (χ0v) is 16.0. The Morgan fingerprint density at radius 2 is 1.69 bits per heavy atom. The lowest BCUT2D eigenvalue weighted by Crippen LogP contribution is -2.62. The summed E-state index contributed by atoms with van der Waals surface area (Å²) in [5.41, 5.74) is -3.06. The summed E-state index contributed by atoms with van der Waals surface area (Å²) in [6.45, 7) is 1.30. The standard InChI is InChI=1S/C18H16F5N3O2S/c1-17(13-8-7-12(19)9-14(13)20)15(29(27,28)26(2)16(24)25-17)10-3-5-11(6-4-10)18(21,22)23/h3-9,15H,1-2H3,(H2,24,25)/t15-,17+/m0/s1. The van der Waals surface area contributed by atoms with Crippen molar-refractivity contribution in [2.75, 3.05) is 7.05 Å². The van der Waals surface area contributed by atoms with Crippen LogP contribution in [0.4, 0.5) is 22.0 Å². The Kier molecular flexibility index (Phi) is 4.85. The van der Waals surface area contributed by atoms with E-state index in [1.807, 2.05) is 0 Å². The molecular formula is C18H16F5N3O2S. The Labute approximate surface area is 163 Å². The number of alkyl halides is 3. The lowest BCUT2D eigenvalue weighted by atomic mass is 9.84. The summed E-state index contributed by atoms with van der Waals surface area (Å²) in [4.78, 5) is 0. The molecule has 0 spiro atoms. The highest BCUT2D eigenvalue weighted by Crippen LogP contribution is 2.46. The molecule has 0 aromatic heterocycles. The van der Waals surface area contributed by atoms with Gasteiger partial charge in [0.05, 0.1) is 11.1 Å². The van der Waals surface area contributed by atoms with Crippen molar-refractivity contribution in [2.45, 2.75) is 23.9 Å². The van der Waals surface area contributed by atoms with Crippen LogP contribution in [0.1, 0.15) is 28.9 Å². The molecule has 0 aliphatic carbocycles. The first-order chi connectivity index (χ1) is 13.3. The zero-order valence-electron chi connectivity index (χ0n) is 15.2. The molecule has 1 aliphatic rings. The number of guanidine groups is 1. The van der Waals surface area contributed by atoms with Crippen LogP contribution in [0.5, 0.6) is 0 Å². The molecule has 2 N–H and O–H groups in total. The molecule has 0 radical (unpaired) electrons. The topological polar surface area (TPSA) is 73.3 Å². The van der Waals surface area contributed by atoms with Gasteiger partial charge in [-0.3, -0.25) is 5.41 Å². The summed E-state index contributed by atoms with van der Waals surface area (Å²) >= 11 is 0. The summed E-state index contributed by atoms with van der Waals surface area (Å²) in [7, 11) is -3.23. The van der Waals surface area contributed by atoms with Crippen LogP contribution >= 0.6 is 0 Å². The van der Waals surface area contributed by atoms with Gasteiger partial charge in [-0.25, -0.2) is 21.5 Å². The third-order valence-corrected chi connectivity index (χ3v) is 7.21. The van der Waals surface area contributed by atoms with Crippen LogP contribution in [-0.4, -0.2) is 25.7 Å². The second-order valence-electron chi connectivity index (χ2n) is 6.81. The Balaban J connectivity index is 2.24. The summed E-state index contributed by atoms with van der Waals surface area (Å²) in [5, 5.41) is 8.95. The molecule has 1 heterocycles. The maximum absolute atomic E-state index is 14.6. The van der Waals surface area contributed by atoms with E-state index in [1.165, 1.54) is 6.92 Å². The molecule has 5 nitrogen and oxygen atoms in total. The predicted molar refractivity (Wildman–Crippen MR) is 95.4 cm³/mol. The predicted octanol–water partition coefficient (Wildman–Crippen LogP) is 3.74. The first kappa shape index (κ1) is 21.0. The van der Waals surface area contributed by atoms with E-state index in [0.717, 1.165) is 43.4 Å². The van der Waals surface area contributed by atoms with Crippen LogP contribution in [0, 0.1) is 17.0 Å². The Hall–Kier alpha value is -2.69.